The smallest absolute Gasteiger partial charge is 0.191 e. The van der Waals surface area contributed by atoms with E-state index in [9.17, 15) is 0 Å². The van der Waals surface area contributed by atoms with Crippen LogP contribution >= 0.6 is 0 Å². The van der Waals surface area contributed by atoms with Gasteiger partial charge in [0.1, 0.15) is 12.1 Å². The highest BCUT2D eigenvalue weighted by Crippen LogP contribution is 2.14. The minimum atomic E-state index is 0.451. The molecule has 3 aromatic rings. The molecule has 2 N–H and O–H groups in total. The van der Waals surface area contributed by atoms with E-state index in [1.165, 1.54) is 5.56 Å². The first-order chi connectivity index (χ1) is 15.3. The van der Waals surface area contributed by atoms with Gasteiger partial charge in [0.2, 0.25) is 0 Å². The second-order valence-corrected chi connectivity index (χ2v) is 7.87. The molecule has 0 bridgehead atoms. The number of guanidine groups is 1. The fourth-order valence-electron chi connectivity index (χ4n) is 3.82. The molecule has 1 aliphatic heterocycles. The molecule has 3 heterocycles. The second-order valence-electron chi connectivity index (χ2n) is 7.87. The molecule has 162 valence electrons. The van der Waals surface area contributed by atoms with Crippen molar-refractivity contribution in [1.29, 1.82) is 0 Å². The van der Waals surface area contributed by atoms with Gasteiger partial charge in [0, 0.05) is 50.8 Å². The number of nitrogens with zero attached hydrogens (tertiary/aromatic N) is 5. The van der Waals surface area contributed by atoms with Gasteiger partial charge in [-0.25, -0.2) is 15.0 Å². The van der Waals surface area contributed by atoms with E-state index < -0.39 is 0 Å². The highest BCUT2D eigenvalue weighted by Gasteiger charge is 2.20. The Morgan fingerprint density at radius 1 is 1.10 bits per heavy atom. The molecule has 0 amide bonds. The Morgan fingerprint density at radius 3 is 2.61 bits per heavy atom. The topological polar surface area (TPSA) is 70.4 Å². The van der Waals surface area contributed by atoms with Gasteiger partial charge in [-0.3, -0.25) is 9.47 Å². The molecule has 0 saturated carbocycles. The number of piperidine rings is 1. The summed E-state index contributed by atoms with van der Waals surface area (Å²) in [6, 6.07) is 15.2. The Balaban J connectivity index is 1.28. The molecule has 4 rings (SSSR count). The van der Waals surface area contributed by atoms with Crippen molar-refractivity contribution in [2.75, 3.05) is 19.6 Å². The van der Waals surface area contributed by atoms with Gasteiger partial charge in [0.15, 0.2) is 5.96 Å². The third kappa shape index (κ3) is 6.15. The van der Waals surface area contributed by atoms with E-state index in [1.54, 1.807) is 12.5 Å². The van der Waals surface area contributed by atoms with Gasteiger partial charge in [0.05, 0.1) is 6.54 Å². The van der Waals surface area contributed by atoms with E-state index in [2.05, 4.69) is 68.8 Å². The standard InChI is InChI=1S/C24H31N7/c1-2-26-24(28-17-21-8-9-23(27-16-21)31-15-12-25-19-31)29-22-10-13-30(14-11-22)18-20-6-4-3-5-7-20/h3-9,12,15-16,19,22H,2,10-11,13-14,17-18H2,1H3,(H2,26,28,29). The molecule has 1 aromatic carbocycles. The Morgan fingerprint density at radius 2 is 1.94 bits per heavy atom. The van der Waals surface area contributed by atoms with Crippen LogP contribution in [-0.2, 0) is 13.1 Å². The summed E-state index contributed by atoms with van der Waals surface area (Å²) in [6.07, 6.45) is 9.51. The van der Waals surface area contributed by atoms with E-state index in [0.717, 1.165) is 56.4 Å². The van der Waals surface area contributed by atoms with Crippen LogP contribution in [0.2, 0.25) is 0 Å². The maximum absolute atomic E-state index is 4.78. The van der Waals surface area contributed by atoms with E-state index in [1.807, 2.05) is 23.0 Å². The van der Waals surface area contributed by atoms with Crippen LogP contribution < -0.4 is 10.6 Å². The average molecular weight is 418 g/mol. The number of aromatic nitrogens is 3. The summed E-state index contributed by atoms with van der Waals surface area (Å²) >= 11 is 0. The number of pyridine rings is 1. The Bertz CT molecular complexity index is 928. The number of nitrogens with one attached hydrogen (secondary N) is 2. The summed E-state index contributed by atoms with van der Waals surface area (Å²) in [4.78, 5) is 15.9. The van der Waals surface area contributed by atoms with Crippen LogP contribution in [0.15, 0.2) is 72.4 Å². The molecule has 1 aliphatic rings. The second kappa shape index (κ2) is 10.7. The van der Waals surface area contributed by atoms with Crippen LogP contribution in [0.4, 0.5) is 0 Å². The van der Waals surface area contributed by atoms with Crippen molar-refractivity contribution in [3.05, 3.63) is 78.5 Å². The zero-order valence-electron chi connectivity index (χ0n) is 18.1. The van der Waals surface area contributed by atoms with E-state index in [0.29, 0.717) is 12.6 Å². The van der Waals surface area contributed by atoms with Gasteiger partial charge in [-0.1, -0.05) is 36.4 Å². The fourth-order valence-corrected chi connectivity index (χ4v) is 3.82. The lowest BCUT2D eigenvalue weighted by Gasteiger charge is -2.33. The van der Waals surface area contributed by atoms with Gasteiger partial charge in [0.25, 0.3) is 0 Å². The maximum atomic E-state index is 4.78. The Labute approximate surface area is 184 Å². The van der Waals surface area contributed by atoms with E-state index in [4.69, 9.17) is 4.99 Å². The zero-order valence-corrected chi connectivity index (χ0v) is 18.1. The van der Waals surface area contributed by atoms with Crippen LogP contribution in [0.1, 0.15) is 30.9 Å². The number of rotatable bonds is 7. The monoisotopic (exact) mass is 417 g/mol. The first-order valence-corrected chi connectivity index (χ1v) is 11.0. The normalized spacial score (nSPS) is 15.7. The number of aliphatic imine (C=N–C) groups is 1. The SMILES string of the molecule is CCNC(=NCc1ccc(-n2ccnc2)nc1)NC1CCN(Cc2ccccc2)CC1. The van der Waals surface area contributed by atoms with Crippen LogP contribution in [-0.4, -0.2) is 51.1 Å². The van der Waals surface area contributed by atoms with Crippen molar-refractivity contribution in [3.63, 3.8) is 0 Å². The number of hydrogen-bond acceptors (Lipinski definition) is 4. The van der Waals surface area contributed by atoms with Crippen LogP contribution in [0.5, 0.6) is 0 Å². The first-order valence-electron chi connectivity index (χ1n) is 11.0. The highest BCUT2D eigenvalue weighted by molar-refractivity contribution is 5.80. The van der Waals surface area contributed by atoms with Crippen molar-refractivity contribution in [2.24, 2.45) is 4.99 Å². The quantitative estimate of drug-likeness (QED) is 0.457. The third-order valence-electron chi connectivity index (χ3n) is 5.52. The third-order valence-corrected chi connectivity index (χ3v) is 5.52. The summed E-state index contributed by atoms with van der Waals surface area (Å²) in [5, 5.41) is 7.00. The predicted molar refractivity (Wildman–Crippen MR) is 124 cm³/mol. The molecule has 31 heavy (non-hydrogen) atoms. The predicted octanol–water partition coefficient (Wildman–Crippen LogP) is 2.99. The molecule has 1 saturated heterocycles. The molecule has 0 spiro atoms. The van der Waals surface area contributed by atoms with Crippen molar-refractivity contribution >= 4 is 5.96 Å². The molecular weight excluding hydrogens is 386 g/mol. The molecule has 0 unspecified atom stereocenters. The summed E-state index contributed by atoms with van der Waals surface area (Å²) in [7, 11) is 0. The van der Waals surface area contributed by atoms with Crippen molar-refractivity contribution in [2.45, 2.75) is 38.9 Å². The Hall–Kier alpha value is -3.19. The lowest BCUT2D eigenvalue weighted by atomic mass is 10.0. The van der Waals surface area contributed by atoms with Crippen molar-refractivity contribution in [1.82, 2.24) is 30.1 Å². The number of hydrogen-bond donors (Lipinski definition) is 2. The first kappa shape index (κ1) is 21.1. The number of benzene rings is 1. The summed E-state index contributed by atoms with van der Waals surface area (Å²) in [5.74, 6) is 1.74. The number of imidazole rings is 1. The van der Waals surface area contributed by atoms with Crippen LogP contribution in [0.25, 0.3) is 5.82 Å². The molecule has 2 aromatic heterocycles. The average Bonchev–Trinajstić information content (AvgIpc) is 3.35. The van der Waals surface area contributed by atoms with Gasteiger partial charge >= 0.3 is 0 Å². The van der Waals surface area contributed by atoms with E-state index >= 15 is 0 Å². The largest absolute Gasteiger partial charge is 0.357 e. The van der Waals surface area contributed by atoms with Crippen molar-refractivity contribution < 1.29 is 0 Å². The van der Waals surface area contributed by atoms with Gasteiger partial charge < -0.3 is 10.6 Å². The lowest BCUT2D eigenvalue weighted by Crippen LogP contribution is -2.48. The molecule has 7 heteroatoms. The maximum Gasteiger partial charge on any atom is 0.191 e. The van der Waals surface area contributed by atoms with E-state index in [-0.39, 0.29) is 0 Å². The highest BCUT2D eigenvalue weighted by atomic mass is 15.2. The molecule has 0 atom stereocenters. The minimum absolute atomic E-state index is 0.451. The molecular formula is C24H31N7. The van der Waals surface area contributed by atoms with Crippen LogP contribution in [0, 0.1) is 0 Å². The number of likely N-dealkylation sites (tertiary alicyclic amines) is 1. The van der Waals surface area contributed by atoms with Gasteiger partial charge in [-0.15, -0.1) is 0 Å². The summed E-state index contributed by atoms with van der Waals surface area (Å²) in [5.41, 5.74) is 2.47. The minimum Gasteiger partial charge on any atom is -0.357 e. The van der Waals surface area contributed by atoms with Gasteiger partial charge in [-0.05, 0) is 37.0 Å². The molecule has 0 radical (unpaired) electrons. The summed E-state index contributed by atoms with van der Waals surface area (Å²) in [6.45, 7) is 6.78. The molecule has 7 nitrogen and oxygen atoms in total. The fraction of sp³-hybridized carbons (Fsp3) is 0.375. The molecule has 0 aliphatic carbocycles. The van der Waals surface area contributed by atoms with Crippen molar-refractivity contribution in [3.8, 4) is 5.82 Å². The Kier molecular flexibility index (Phi) is 7.28. The lowest BCUT2D eigenvalue weighted by molar-refractivity contribution is 0.198. The van der Waals surface area contributed by atoms with Crippen LogP contribution in [0.3, 0.4) is 0 Å². The molecule has 1 fully saturated rings. The van der Waals surface area contributed by atoms with Gasteiger partial charge in [-0.2, -0.15) is 0 Å². The summed E-state index contributed by atoms with van der Waals surface area (Å²) < 4.78 is 1.89. The zero-order chi connectivity index (χ0) is 21.3.